The van der Waals surface area contributed by atoms with E-state index in [-0.39, 0.29) is 5.91 Å². The summed E-state index contributed by atoms with van der Waals surface area (Å²) in [4.78, 5) is 23.2. The highest BCUT2D eigenvalue weighted by Crippen LogP contribution is 2.17. The van der Waals surface area contributed by atoms with Crippen molar-refractivity contribution in [2.75, 3.05) is 18.8 Å². The van der Waals surface area contributed by atoms with E-state index in [2.05, 4.69) is 15.1 Å². The monoisotopic (exact) mass is 327 g/mol. The number of likely N-dealkylation sites (N-methyl/N-ethyl adjacent to an activating group) is 1. The third-order valence-corrected chi connectivity index (χ3v) is 4.00. The second-order valence-electron chi connectivity index (χ2n) is 5.43. The van der Waals surface area contributed by atoms with Gasteiger partial charge in [-0.15, -0.1) is 0 Å². The fraction of sp³-hybridized carbons (Fsp3) is 0.375. The largest absolute Gasteiger partial charge is 0.369 e. The molecular weight excluding hydrogens is 306 g/mol. The summed E-state index contributed by atoms with van der Waals surface area (Å²) in [5.41, 5.74) is 7.75. The fourth-order valence-corrected chi connectivity index (χ4v) is 2.70. The van der Waals surface area contributed by atoms with Crippen molar-refractivity contribution in [1.29, 1.82) is 0 Å². The van der Waals surface area contributed by atoms with E-state index in [9.17, 15) is 4.79 Å². The van der Waals surface area contributed by atoms with Gasteiger partial charge < -0.3 is 10.6 Å². The molecule has 1 amide bonds. The number of carbonyl (C=O) groups excluding carboxylic acids is 1. The van der Waals surface area contributed by atoms with Gasteiger partial charge in [0.1, 0.15) is 5.52 Å². The minimum Gasteiger partial charge on any atom is -0.369 e. The van der Waals surface area contributed by atoms with Crippen molar-refractivity contribution in [3.63, 3.8) is 0 Å². The maximum Gasteiger partial charge on any atom is 0.255 e. The van der Waals surface area contributed by atoms with E-state index >= 15 is 0 Å². The first kappa shape index (κ1) is 16.0. The molecule has 126 valence electrons. The van der Waals surface area contributed by atoms with Crippen molar-refractivity contribution in [1.82, 2.24) is 29.2 Å². The number of carbonyl (C=O) groups is 1. The average molecular weight is 327 g/mol. The Hall–Kier alpha value is -2.90. The SMILES string of the molecule is CCN(CCn1cccn1)C(=O)c1cnc2c(c1)nc(N)n2CC. The van der Waals surface area contributed by atoms with Crippen LogP contribution in [0.25, 0.3) is 11.2 Å². The molecule has 3 aromatic rings. The van der Waals surface area contributed by atoms with Gasteiger partial charge in [0.05, 0.1) is 12.1 Å². The molecule has 24 heavy (non-hydrogen) atoms. The third kappa shape index (κ3) is 2.94. The van der Waals surface area contributed by atoms with Crippen LogP contribution in [0.5, 0.6) is 0 Å². The van der Waals surface area contributed by atoms with E-state index in [1.54, 1.807) is 28.0 Å². The van der Waals surface area contributed by atoms with Crippen LogP contribution in [0.1, 0.15) is 24.2 Å². The summed E-state index contributed by atoms with van der Waals surface area (Å²) in [6, 6.07) is 3.62. The summed E-state index contributed by atoms with van der Waals surface area (Å²) in [5, 5.41) is 4.16. The van der Waals surface area contributed by atoms with E-state index < -0.39 is 0 Å². The summed E-state index contributed by atoms with van der Waals surface area (Å²) in [6.07, 6.45) is 5.20. The molecule has 3 rings (SSSR count). The molecule has 0 bridgehead atoms. The van der Waals surface area contributed by atoms with Gasteiger partial charge in [0.15, 0.2) is 5.65 Å². The minimum atomic E-state index is -0.0660. The van der Waals surface area contributed by atoms with Gasteiger partial charge in [0.25, 0.3) is 5.91 Å². The summed E-state index contributed by atoms with van der Waals surface area (Å²) in [5.74, 6) is 0.347. The van der Waals surface area contributed by atoms with Crippen molar-refractivity contribution < 1.29 is 4.79 Å². The first-order chi connectivity index (χ1) is 11.6. The van der Waals surface area contributed by atoms with Gasteiger partial charge >= 0.3 is 0 Å². The summed E-state index contributed by atoms with van der Waals surface area (Å²) in [6.45, 7) is 6.47. The molecule has 0 saturated carbocycles. The van der Waals surface area contributed by atoms with Crippen LogP contribution in [0.15, 0.2) is 30.7 Å². The van der Waals surface area contributed by atoms with Crippen molar-refractivity contribution in [2.24, 2.45) is 0 Å². The Morgan fingerprint density at radius 1 is 1.38 bits per heavy atom. The third-order valence-electron chi connectivity index (χ3n) is 4.00. The van der Waals surface area contributed by atoms with Gasteiger partial charge in [0.2, 0.25) is 5.95 Å². The van der Waals surface area contributed by atoms with Crippen LogP contribution in [-0.4, -0.2) is 48.2 Å². The number of hydrogen-bond acceptors (Lipinski definition) is 5. The highest BCUT2D eigenvalue weighted by atomic mass is 16.2. The number of fused-ring (bicyclic) bond motifs is 1. The quantitative estimate of drug-likeness (QED) is 0.738. The predicted molar refractivity (Wildman–Crippen MR) is 91.4 cm³/mol. The predicted octanol–water partition coefficient (Wildman–Crippen LogP) is 1.39. The molecule has 3 heterocycles. The zero-order valence-electron chi connectivity index (χ0n) is 13.9. The van der Waals surface area contributed by atoms with Crippen molar-refractivity contribution in [3.8, 4) is 0 Å². The number of pyridine rings is 1. The lowest BCUT2D eigenvalue weighted by Gasteiger charge is -2.20. The average Bonchev–Trinajstić information content (AvgIpc) is 3.20. The van der Waals surface area contributed by atoms with Crippen LogP contribution in [0.2, 0.25) is 0 Å². The van der Waals surface area contributed by atoms with Gasteiger partial charge in [-0.2, -0.15) is 5.10 Å². The van der Waals surface area contributed by atoms with Crippen LogP contribution in [0, 0.1) is 0 Å². The van der Waals surface area contributed by atoms with Crippen LogP contribution in [0.3, 0.4) is 0 Å². The number of aryl methyl sites for hydroxylation is 1. The Morgan fingerprint density at radius 3 is 2.88 bits per heavy atom. The fourth-order valence-electron chi connectivity index (χ4n) is 2.70. The van der Waals surface area contributed by atoms with Gasteiger partial charge in [-0.1, -0.05) is 0 Å². The lowest BCUT2D eigenvalue weighted by molar-refractivity contribution is 0.0757. The van der Waals surface area contributed by atoms with E-state index in [1.807, 2.05) is 30.7 Å². The van der Waals surface area contributed by atoms with Crippen LogP contribution in [0.4, 0.5) is 5.95 Å². The maximum atomic E-state index is 12.7. The standard InChI is InChI=1S/C16H21N7O/c1-3-21(8-9-22-7-5-6-19-22)15(24)12-10-13-14(18-11-12)23(4-2)16(17)20-13/h5-7,10-11H,3-4,8-9H2,1-2H3,(H2,17,20). The lowest BCUT2D eigenvalue weighted by Crippen LogP contribution is -2.33. The highest BCUT2D eigenvalue weighted by molar-refractivity contribution is 5.96. The first-order valence-electron chi connectivity index (χ1n) is 8.02. The second-order valence-corrected chi connectivity index (χ2v) is 5.43. The van der Waals surface area contributed by atoms with Gasteiger partial charge in [-0.25, -0.2) is 9.97 Å². The van der Waals surface area contributed by atoms with Crippen LogP contribution >= 0.6 is 0 Å². The number of rotatable bonds is 6. The Balaban J connectivity index is 1.80. The summed E-state index contributed by atoms with van der Waals surface area (Å²) < 4.78 is 3.62. The Morgan fingerprint density at radius 2 is 2.21 bits per heavy atom. The summed E-state index contributed by atoms with van der Waals surface area (Å²) >= 11 is 0. The van der Waals surface area contributed by atoms with Gasteiger partial charge in [0, 0.05) is 38.2 Å². The molecule has 0 spiro atoms. The Labute approximate surface area is 139 Å². The molecular formula is C16H21N7O. The van der Waals surface area contributed by atoms with Crippen molar-refractivity contribution in [2.45, 2.75) is 26.9 Å². The minimum absolute atomic E-state index is 0.0660. The van der Waals surface area contributed by atoms with Crippen LogP contribution < -0.4 is 5.73 Å². The molecule has 3 aromatic heterocycles. The number of nitrogen functional groups attached to an aromatic ring is 1. The smallest absolute Gasteiger partial charge is 0.255 e. The molecule has 0 unspecified atom stereocenters. The molecule has 0 atom stereocenters. The number of nitrogens with zero attached hydrogens (tertiary/aromatic N) is 6. The molecule has 0 aromatic carbocycles. The van der Waals surface area contributed by atoms with E-state index in [0.29, 0.717) is 48.9 Å². The number of anilines is 1. The van der Waals surface area contributed by atoms with Crippen molar-refractivity contribution in [3.05, 3.63) is 36.3 Å². The molecule has 0 aliphatic rings. The molecule has 0 aliphatic carbocycles. The molecule has 8 nitrogen and oxygen atoms in total. The first-order valence-corrected chi connectivity index (χ1v) is 8.02. The normalized spacial score (nSPS) is 11.1. The highest BCUT2D eigenvalue weighted by Gasteiger charge is 2.17. The van der Waals surface area contributed by atoms with E-state index in [1.165, 1.54) is 0 Å². The Kier molecular flexibility index (Phi) is 4.45. The Bertz CT molecular complexity index is 838. The number of nitrogens with two attached hydrogens (primary N) is 1. The second kappa shape index (κ2) is 6.69. The topological polar surface area (TPSA) is 94.9 Å². The maximum absolute atomic E-state index is 12.7. The molecule has 0 saturated heterocycles. The molecule has 0 aliphatic heterocycles. The van der Waals surface area contributed by atoms with Crippen LogP contribution in [-0.2, 0) is 13.1 Å². The van der Waals surface area contributed by atoms with Gasteiger partial charge in [-0.3, -0.25) is 14.0 Å². The molecule has 8 heteroatoms. The van der Waals surface area contributed by atoms with E-state index in [0.717, 1.165) is 0 Å². The van der Waals surface area contributed by atoms with Gasteiger partial charge in [-0.05, 0) is 26.0 Å². The number of hydrogen-bond donors (Lipinski definition) is 1. The van der Waals surface area contributed by atoms with Crippen molar-refractivity contribution >= 4 is 23.0 Å². The zero-order chi connectivity index (χ0) is 17.1. The number of aromatic nitrogens is 5. The zero-order valence-corrected chi connectivity index (χ0v) is 13.9. The molecule has 0 fully saturated rings. The number of imidazole rings is 1. The lowest BCUT2D eigenvalue weighted by atomic mass is 10.2. The molecule has 0 radical (unpaired) electrons. The molecule has 2 N–H and O–H groups in total. The summed E-state index contributed by atoms with van der Waals surface area (Å²) in [7, 11) is 0. The van der Waals surface area contributed by atoms with E-state index in [4.69, 9.17) is 5.73 Å². The number of amides is 1.